The topological polar surface area (TPSA) is 15.3 Å². The van der Waals surface area contributed by atoms with Gasteiger partial charge in [-0.3, -0.25) is 4.90 Å². The Hall–Kier alpha value is -0.0800. The highest BCUT2D eigenvalue weighted by molar-refractivity contribution is 4.94. The lowest BCUT2D eigenvalue weighted by Gasteiger charge is -2.42. The molecule has 2 aliphatic rings. The van der Waals surface area contributed by atoms with Gasteiger partial charge < -0.3 is 5.32 Å². The summed E-state index contributed by atoms with van der Waals surface area (Å²) >= 11 is 0. The van der Waals surface area contributed by atoms with Crippen LogP contribution in [-0.2, 0) is 0 Å². The maximum Gasteiger partial charge on any atom is 0.0303 e. The third kappa shape index (κ3) is 3.72. The van der Waals surface area contributed by atoms with Gasteiger partial charge in [-0.1, -0.05) is 40.0 Å². The van der Waals surface area contributed by atoms with E-state index in [0.29, 0.717) is 5.54 Å². The van der Waals surface area contributed by atoms with E-state index < -0.39 is 0 Å². The van der Waals surface area contributed by atoms with Crippen LogP contribution >= 0.6 is 0 Å². The summed E-state index contributed by atoms with van der Waals surface area (Å²) in [6.07, 6.45) is 11.1. The minimum absolute atomic E-state index is 0.385. The normalized spacial score (nSPS) is 33.0. The smallest absolute Gasteiger partial charge is 0.0303 e. The molecule has 1 saturated heterocycles. The number of nitrogens with one attached hydrogen (secondary N) is 1. The minimum atomic E-state index is 0.385. The summed E-state index contributed by atoms with van der Waals surface area (Å²) in [5, 5.41) is 3.85. The Balaban J connectivity index is 2.01. The molecule has 1 aliphatic heterocycles. The third-order valence-corrected chi connectivity index (χ3v) is 5.83. The van der Waals surface area contributed by atoms with Crippen molar-refractivity contribution in [2.24, 2.45) is 5.92 Å². The third-order valence-electron chi connectivity index (χ3n) is 5.83. The maximum atomic E-state index is 3.85. The predicted molar refractivity (Wildman–Crippen MR) is 83.5 cm³/mol. The molecular formula is C17H34N2. The fourth-order valence-electron chi connectivity index (χ4n) is 4.16. The van der Waals surface area contributed by atoms with Crippen molar-refractivity contribution in [3.05, 3.63) is 0 Å². The van der Waals surface area contributed by atoms with E-state index in [1.54, 1.807) is 0 Å². The molecule has 1 heterocycles. The van der Waals surface area contributed by atoms with Crippen LogP contribution in [0.15, 0.2) is 0 Å². The van der Waals surface area contributed by atoms with Crippen molar-refractivity contribution in [2.45, 2.75) is 83.7 Å². The molecule has 2 rings (SSSR count). The number of rotatable bonds is 4. The van der Waals surface area contributed by atoms with Crippen molar-refractivity contribution in [1.29, 1.82) is 0 Å². The van der Waals surface area contributed by atoms with Crippen LogP contribution in [0.1, 0.15) is 72.1 Å². The Kier molecular flexibility index (Phi) is 5.70. The Labute approximate surface area is 120 Å². The lowest BCUT2D eigenvalue weighted by molar-refractivity contribution is 0.101. The summed E-state index contributed by atoms with van der Waals surface area (Å²) in [5.41, 5.74) is 0.385. The summed E-state index contributed by atoms with van der Waals surface area (Å²) in [6, 6.07) is 0.871. The highest BCUT2D eigenvalue weighted by Crippen LogP contribution is 2.32. The second-order valence-electron chi connectivity index (χ2n) is 6.83. The molecule has 2 unspecified atom stereocenters. The molecule has 112 valence electrons. The number of hydrogen-bond donors (Lipinski definition) is 1. The standard InChI is InChI=1S/C17H34N2/c1-4-15-9-7-10-16(13-15)19-12-8-11-18-17(5-2,6-3)14-19/h15-16,18H,4-14H2,1-3H3. The second-order valence-corrected chi connectivity index (χ2v) is 6.83. The molecule has 2 fully saturated rings. The second kappa shape index (κ2) is 7.08. The minimum Gasteiger partial charge on any atom is -0.310 e. The van der Waals surface area contributed by atoms with Gasteiger partial charge >= 0.3 is 0 Å². The maximum absolute atomic E-state index is 3.85. The van der Waals surface area contributed by atoms with Crippen molar-refractivity contribution in [1.82, 2.24) is 10.2 Å². The van der Waals surface area contributed by atoms with Crippen LogP contribution in [0.4, 0.5) is 0 Å². The average Bonchev–Trinajstić information content (AvgIpc) is 2.70. The SMILES string of the molecule is CCC1CCCC(N2CCCNC(CC)(CC)C2)C1. The van der Waals surface area contributed by atoms with E-state index in [9.17, 15) is 0 Å². The molecule has 1 aliphatic carbocycles. The van der Waals surface area contributed by atoms with Crippen molar-refractivity contribution < 1.29 is 0 Å². The predicted octanol–water partition coefficient (Wildman–Crippen LogP) is 3.81. The highest BCUT2D eigenvalue weighted by atomic mass is 15.2. The molecular weight excluding hydrogens is 232 g/mol. The number of nitrogens with zero attached hydrogens (tertiary/aromatic N) is 1. The van der Waals surface area contributed by atoms with Crippen molar-refractivity contribution >= 4 is 0 Å². The first-order valence-corrected chi connectivity index (χ1v) is 8.72. The van der Waals surface area contributed by atoms with Crippen molar-refractivity contribution in [3.63, 3.8) is 0 Å². The van der Waals surface area contributed by atoms with E-state index in [4.69, 9.17) is 0 Å². The Morgan fingerprint density at radius 3 is 2.58 bits per heavy atom. The zero-order valence-corrected chi connectivity index (χ0v) is 13.4. The quantitative estimate of drug-likeness (QED) is 0.832. The van der Waals surface area contributed by atoms with E-state index in [2.05, 4.69) is 31.0 Å². The first-order valence-electron chi connectivity index (χ1n) is 8.72. The molecule has 2 atom stereocenters. The van der Waals surface area contributed by atoms with Crippen LogP contribution in [-0.4, -0.2) is 36.1 Å². The van der Waals surface area contributed by atoms with Gasteiger partial charge in [0.15, 0.2) is 0 Å². The van der Waals surface area contributed by atoms with E-state index in [1.807, 2.05) is 0 Å². The van der Waals surface area contributed by atoms with Crippen LogP contribution in [0.2, 0.25) is 0 Å². The number of hydrogen-bond acceptors (Lipinski definition) is 2. The molecule has 2 heteroatoms. The Morgan fingerprint density at radius 1 is 1.11 bits per heavy atom. The molecule has 0 aromatic carbocycles. The molecule has 0 radical (unpaired) electrons. The van der Waals surface area contributed by atoms with Crippen LogP contribution in [0.5, 0.6) is 0 Å². The van der Waals surface area contributed by atoms with E-state index in [0.717, 1.165) is 12.0 Å². The monoisotopic (exact) mass is 266 g/mol. The molecule has 2 nitrogen and oxygen atoms in total. The fraction of sp³-hybridized carbons (Fsp3) is 1.00. The van der Waals surface area contributed by atoms with Crippen LogP contribution in [0, 0.1) is 5.92 Å². The summed E-state index contributed by atoms with van der Waals surface area (Å²) in [5.74, 6) is 0.993. The molecule has 0 aromatic heterocycles. The molecule has 1 saturated carbocycles. The van der Waals surface area contributed by atoms with E-state index >= 15 is 0 Å². The molecule has 0 amide bonds. The van der Waals surface area contributed by atoms with E-state index in [1.165, 1.54) is 71.0 Å². The first kappa shape index (κ1) is 15.3. The van der Waals surface area contributed by atoms with Gasteiger partial charge in [0.2, 0.25) is 0 Å². The zero-order chi connectivity index (χ0) is 13.7. The molecule has 1 N–H and O–H groups in total. The molecule has 19 heavy (non-hydrogen) atoms. The van der Waals surface area contributed by atoms with Gasteiger partial charge in [0.05, 0.1) is 0 Å². The molecule has 0 bridgehead atoms. The van der Waals surface area contributed by atoms with Gasteiger partial charge in [-0.15, -0.1) is 0 Å². The van der Waals surface area contributed by atoms with Gasteiger partial charge in [0, 0.05) is 18.1 Å². The van der Waals surface area contributed by atoms with Crippen molar-refractivity contribution in [3.8, 4) is 0 Å². The summed E-state index contributed by atoms with van der Waals surface area (Å²) in [6.45, 7) is 10.9. The first-order chi connectivity index (χ1) is 9.23. The summed E-state index contributed by atoms with van der Waals surface area (Å²) in [4.78, 5) is 2.84. The van der Waals surface area contributed by atoms with Gasteiger partial charge in [-0.25, -0.2) is 0 Å². The lowest BCUT2D eigenvalue weighted by atomic mass is 9.82. The van der Waals surface area contributed by atoms with Crippen molar-refractivity contribution in [2.75, 3.05) is 19.6 Å². The summed E-state index contributed by atoms with van der Waals surface area (Å²) in [7, 11) is 0. The fourth-order valence-corrected chi connectivity index (χ4v) is 4.16. The van der Waals surface area contributed by atoms with E-state index in [-0.39, 0.29) is 0 Å². The molecule has 0 aromatic rings. The highest BCUT2D eigenvalue weighted by Gasteiger charge is 2.34. The van der Waals surface area contributed by atoms with Gasteiger partial charge in [-0.2, -0.15) is 0 Å². The van der Waals surface area contributed by atoms with Crippen LogP contribution < -0.4 is 5.32 Å². The Morgan fingerprint density at radius 2 is 1.89 bits per heavy atom. The zero-order valence-electron chi connectivity index (χ0n) is 13.4. The average molecular weight is 266 g/mol. The largest absolute Gasteiger partial charge is 0.310 e. The van der Waals surface area contributed by atoms with Gasteiger partial charge in [-0.05, 0) is 51.1 Å². The van der Waals surface area contributed by atoms with Crippen LogP contribution in [0.25, 0.3) is 0 Å². The lowest BCUT2D eigenvalue weighted by Crippen LogP contribution is -2.53. The van der Waals surface area contributed by atoms with Gasteiger partial charge in [0.25, 0.3) is 0 Å². The Bertz CT molecular complexity index is 260. The van der Waals surface area contributed by atoms with Gasteiger partial charge in [0.1, 0.15) is 0 Å². The molecule has 0 spiro atoms. The van der Waals surface area contributed by atoms with Crippen LogP contribution in [0.3, 0.4) is 0 Å². The summed E-state index contributed by atoms with van der Waals surface area (Å²) < 4.78 is 0.